The van der Waals surface area contributed by atoms with Crippen LogP contribution in [0.4, 0.5) is 5.69 Å². The number of anilines is 1. The van der Waals surface area contributed by atoms with Crippen molar-refractivity contribution >= 4 is 15.7 Å². The van der Waals surface area contributed by atoms with E-state index in [0.717, 1.165) is 11.1 Å². The van der Waals surface area contributed by atoms with Crippen LogP contribution in [0.1, 0.15) is 6.92 Å². The van der Waals surface area contributed by atoms with E-state index in [9.17, 15) is 8.42 Å². The Bertz CT molecular complexity index is 604. The third kappa shape index (κ3) is 3.11. The molecule has 94 valence electrons. The quantitative estimate of drug-likeness (QED) is 0.919. The van der Waals surface area contributed by atoms with Gasteiger partial charge >= 0.3 is 0 Å². The van der Waals surface area contributed by atoms with Crippen molar-refractivity contribution in [2.75, 3.05) is 10.5 Å². The largest absolute Gasteiger partial charge is 0.284 e. The monoisotopic (exact) mass is 261 g/mol. The molecular formula is C14H15NO2S. The fourth-order valence-corrected chi connectivity index (χ4v) is 2.25. The van der Waals surface area contributed by atoms with Crippen molar-refractivity contribution in [3.05, 3.63) is 54.6 Å². The van der Waals surface area contributed by atoms with E-state index in [1.807, 2.05) is 42.5 Å². The molecule has 0 aliphatic heterocycles. The van der Waals surface area contributed by atoms with Crippen LogP contribution >= 0.6 is 0 Å². The summed E-state index contributed by atoms with van der Waals surface area (Å²) < 4.78 is 25.3. The minimum atomic E-state index is -3.20. The normalized spacial score (nSPS) is 11.2. The van der Waals surface area contributed by atoms with E-state index in [2.05, 4.69) is 4.72 Å². The lowest BCUT2D eigenvalue weighted by Crippen LogP contribution is -2.14. The van der Waals surface area contributed by atoms with Gasteiger partial charge in [-0.25, -0.2) is 8.42 Å². The first kappa shape index (κ1) is 12.6. The molecule has 2 rings (SSSR count). The number of rotatable bonds is 4. The van der Waals surface area contributed by atoms with Gasteiger partial charge in [0, 0.05) is 5.69 Å². The molecule has 0 aliphatic rings. The molecule has 18 heavy (non-hydrogen) atoms. The lowest BCUT2D eigenvalue weighted by Gasteiger charge is -2.07. The van der Waals surface area contributed by atoms with E-state index < -0.39 is 10.0 Å². The first-order valence-electron chi connectivity index (χ1n) is 5.77. The fraction of sp³-hybridized carbons (Fsp3) is 0.143. The van der Waals surface area contributed by atoms with Crippen molar-refractivity contribution in [1.29, 1.82) is 0 Å². The van der Waals surface area contributed by atoms with Crippen LogP contribution in [0.2, 0.25) is 0 Å². The molecule has 0 unspecified atom stereocenters. The highest BCUT2D eigenvalue weighted by atomic mass is 32.2. The van der Waals surface area contributed by atoms with Crippen molar-refractivity contribution in [1.82, 2.24) is 0 Å². The van der Waals surface area contributed by atoms with Gasteiger partial charge in [0.1, 0.15) is 0 Å². The van der Waals surface area contributed by atoms with Gasteiger partial charge in [-0.3, -0.25) is 4.72 Å². The number of nitrogens with one attached hydrogen (secondary N) is 1. The summed E-state index contributed by atoms with van der Waals surface area (Å²) >= 11 is 0. The first-order valence-corrected chi connectivity index (χ1v) is 7.42. The average Bonchev–Trinajstić information content (AvgIpc) is 2.40. The molecule has 0 saturated carbocycles. The van der Waals surface area contributed by atoms with Gasteiger partial charge in [0.2, 0.25) is 10.0 Å². The Balaban J connectivity index is 2.21. The second-order valence-electron chi connectivity index (χ2n) is 3.95. The van der Waals surface area contributed by atoms with E-state index in [1.165, 1.54) is 0 Å². The second-order valence-corrected chi connectivity index (χ2v) is 5.96. The predicted octanol–water partition coefficient (Wildman–Crippen LogP) is 3.12. The van der Waals surface area contributed by atoms with Gasteiger partial charge < -0.3 is 0 Å². The van der Waals surface area contributed by atoms with Crippen LogP contribution in [0.5, 0.6) is 0 Å². The number of hydrogen-bond donors (Lipinski definition) is 1. The van der Waals surface area contributed by atoms with Crippen LogP contribution in [0.15, 0.2) is 54.6 Å². The topological polar surface area (TPSA) is 46.2 Å². The third-order valence-electron chi connectivity index (χ3n) is 2.65. The summed E-state index contributed by atoms with van der Waals surface area (Å²) in [5.74, 6) is 0.0768. The first-order chi connectivity index (χ1) is 8.61. The Kier molecular flexibility index (Phi) is 3.67. The van der Waals surface area contributed by atoms with E-state index in [-0.39, 0.29) is 5.75 Å². The van der Waals surface area contributed by atoms with E-state index in [4.69, 9.17) is 0 Å². The minimum absolute atomic E-state index is 0.0768. The molecule has 0 spiro atoms. The Labute approximate surface area is 108 Å². The zero-order valence-electron chi connectivity index (χ0n) is 10.1. The van der Waals surface area contributed by atoms with Crippen molar-refractivity contribution in [3.63, 3.8) is 0 Å². The summed E-state index contributed by atoms with van der Waals surface area (Å²) in [7, 11) is -3.20. The van der Waals surface area contributed by atoms with Gasteiger partial charge in [0.05, 0.1) is 5.75 Å². The number of benzene rings is 2. The molecule has 0 heterocycles. The van der Waals surface area contributed by atoms with Gasteiger partial charge in [-0.2, -0.15) is 0 Å². The van der Waals surface area contributed by atoms with E-state index in [1.54, 1.807) is 19.1 Å². The summed E-state index contributed by atoms with van der Waals surface area (Å²) in [6.45, 7) is 1.61. The second kappa shape index (κ2) is 5.23. The Hall–Kier alpha value is -1.81. The van der Waals surface area contributed by atoms with Crippen LogP contribution in [0.25, 0.3) is 11.1 Å². The molecule has 0 atom stereocenters. The molecule has 0 aromatic heterocycles. The minimum Gasteiger partial charge on any atom is -0.284 e. The van der Waals surface area contributed by atoms with Gasteiger partial charge in [0.25, 0.3) is 0 Å². The number of sulfonamides is 1. The van der Waals surface area contributed by atoms with E-state index in [0.29, 0.717) is 5.69 Å². The van der Waals surface area contributed by atoms with Crippen molar-refractivity contribution < 1.29 is 8.42 Å². The maximum absolute atomic E-state index is 11.4. The SMILES string of the molecule is CCS(=O)(=O)Nc1ccc(-c2ccccc2)cc1. The van der Waals surface area contributed by atoms with Crippen LogP contribution < -0.4 is 4.72 Å². The van der Waals surface area contributed by atoms with Crippen LogP contribution in [0, 0.1) is 0 Å². The molecule has 0 fully saturated rings. The third-order valence-corrected chi connectivity index (χ3v) is 3.95. The summed E-state index contributed by atoms with van der Waals surface area (Å²) in [5.41, 5.74) is 2.77. The van der Waals surface area contributed by atoms with Crippen molar-refractivity contribution in [2.45, 2.75) is 6.92 Å². The Morgan fingerprint density at radius 2 is 1.44 bits per heavy atom. The lowest BCUT2D eigenvalue weighted by atomic mass is 10.1. The molecule has 2 aromatic carbocycles. The van der Waals surface area contributed by atoms with Crippen molar-refractivity contribution in [2.24, 2.45) is 0 Å². The summed E-state index contributed by atoms with van der Waals surface area (Å²) in [6, 6.07) is 17.3. The van der Waals surface area contributed by atoms with Gasteiger partial charge in [-0.15, -0.1) is 0 Å². The van der Waals surface area contributed by atoms with Crippen LogP contribution in [-0.2, 0) is 10.0 Å². The van der Waals surface area contributed by atoms with E-state index >= 15 is 0 Å². The molecular weight excluding hydrogens is 246 g/mol. The Morgan fingerprint density at radius 3 is 2.00 bits per heavy atom. The maximum atomic E-state index is 11.4. The van der Waals surface area contributed by atoms with Crippen LogP contribution in [-0.4, -0.2) is 14.2 Å². The predicted molar refractivity (Wildman–Crippen MR) is 75.0 cm³/mol. The zero-order chi connectivity index (χ0) is 13.0. The number of hydrogen-bond acceptors (Lipinski definition) is 2. The smallest absolute Gasteiger partial charge is 0.232 e. The summed E-state index contributed by atoms with van der Waals surface area (Å²) in [4.78, 5) is 0. The zero-order valence-corrected chi connectivity index (χ0v) is 10.9. The maximum Gasteiger partial charge on any atom is 0.232 e. The molecule has 1 N–H and O–H groups in total. The standard InChI is InChI=1S/C14H15NO2S/c1-2-18(16,17)15-14-10-8-13(9-11-14)12-6-4-3-5-7-12/h3-11,15H,2H2,1H3. The highest BCUT2D eigenvalue weighted by Gasteiger charge is 2.06. The summed E-state index contributed by atoms with van der Waals surface area (Å²) in [5, 5.41) is 0. The highest BCUT2D eigenvalue weighted by molar-refractivity contribution is 7.92. The lowest BCUT2D eigenvalue weighted by molar-refractivity contribution is 0.602. The highest BCUT2D eigenvalue weighted by Crippen LogP contribution is 2.21. The fourth-order valence-electron chi connectivity index (χ4n) is 1.61. The molecule has 4 heteroatoms. The molecule has 0 bridgehead atoms. The molecule has 2 aromatic rings. The van der Waals surface area contributed by atoms with Gasteiger partial charge in [0.15, 0.2) is 0 Å². The average molecular weight is 261 g/mol. The molecule has 0 saturated heterocycles. The van der Waals surface area contributed by atoms with Gasteiger partial charge in [-0.1, -0.05) is 42.5 Å². The van der Waals surface area contributed by atoms with Crippen molar-refractivity contribution in [3.8, 4) is 11.1 Å². The molecule has 0 aliphatic carbocycles. The Morgan fingerprint density at radius 1 is 0.889 bits per heavy atom. The molecule has 0 amide bonds. The summed E-state index contributed by atoms with van der Waals surface area (Å²) in [6.07, 6.45) is 0. The van der Waals surface area contributed by atoms with Gasteiger partial charge in [-0.05, 0) is 30.2 Å². The molecule has 3 nitrogen and oxygen atoms in total. The molecule has 0 radical (unpaired) electrons. The van der Waals surface area contributed by atoms with Crippen LogP contribution in [0.3, 0.4) is 0 Å².